The van der Waals surface area contributed by atoms with Gasteiger partial charge in [0, 0.05) is 17.6 Å². The molecule has 206 valence electrons. The maximum atomic E-state index is 12.2. The van der Waals surface area contributed by atoms with E-state index in [1.807, 2.05) is 19.1 Å². The van der Waals surface area contributed by atoms with Crippen LogP contribution in [0, 0.1) is 22.7 Å². The second kappa shape index (κ2) is 10.8. The molecule has 39 heavy (non-hydrogen) atoms. The first-order valence-electron chi connectivity index (χ1n) is 11.4. The van der Waals surface area contributed by atoms with Crippen molar-refractivity contribution in [2.24, 2.45) is 0 Å². The molecular formula is C23H23ClN5O8PS. The van der Waals surface area contributed by atoms with Crippen molar-refractivity contribution in [2.45, 2.75) is 37.5 Å². The fraction of sp³-hybridized carbons (Fsp3) is 0.348. The van der Waals surface area contributed by atoms with Crippen molar-refractivity contribution in [3.05, 3.63) is 58.4 Å². The molecule has 0 radical (unpaired) electrons. The molecule has 0 saturated carbocycles. The summed E-state index contributed by atoms with van der Waals surface area (Å²) < 4.78 is 42.6. The number of nitrogens with zero attached hydrogens (tertiary/aromatic N) is 4. The number of benzene rings is 1. The first kappa shape index (κ1) is 29.0. The number of hydrogen-bond acceptors (Lipinski definition) is 10. The van der Waals surface area contributed by atoms with Gasteiger partial charge in [-0.05, 0) is 30.7 Å². The van der Waals surface area contributed by atoms with E-state index in [0.717, 1.165) is 5.56 Å². The van der Waals surface area contributed by atoms with E-state index in [-0.39, 0.29) is 22.4 Å². The maximum absolute atomic E-state index is 12.2. The van der Waals surface area contributed by atoms with Crippen LogP contribution >= 0.6 is 19.2 Å². The Morgan fingerprint density at radius 3 is 2.44 bits per heavy atom. The van der Waals surface area contributed by atoms with Crippen LogP contribution in [-0.4, -0.2) is 67.5 Å². The van der Waals surface area contributed by atoms with Crippen molar-refractivity contribution >= 4 is 45.8 Å². The summed E-state index contributed by atoms with van der Waals surface area (Å²) in [5.41, 5.74) is 0.410. The Hall–Kier alpha value is -3.04. The third kappa shape index (κ3) is 6.09. The molecule has 1 aliphatic rings. The minimum absolute atomic E-state index is 0.0525. The molecule has 1 aliphatic heterocycles. The van der Waals surface area contributed by atoms with Gasteiger partial charge in [0.2, 0.25) is 0 Å². The highest BCUT2D eigenvalue weighted by Crippen LogP contribution is 2.40. The summed E-state index contributed by atoms with van der Waals surface area (Å²) in [5.74, 6) is -0.937. The van der Waals surface area contributed by atoms with Gasteiger partial charge in [0.05, 0.1) is 23.1 Å². The van der Waals surface area contributed by atoms with Crippen molar-refractivity contribution < 1.29 is 37.7 Å². The summed E-state index contributed by atoms with van der Waals surface area (Å²) in [6.07, 6.45) is -4.67. The number of pyridine rings is 1. The zero-order valence-electron chi connectivity index (χ0n) is 20.2. The van der Waals surface area contributed by atoms with Crippen LogP contribution in [0.15, 0.2) is 36.5 Å². The second-order valence-electron chi connectivity index (χ2n) is 9.07. The number of aliphatic hydroxyl groups excluding tert-OH is 2. The minimum Gasteiger partial charge on any atom is -0.387 e. The number of halogens is 1. The normalized spacial score (nSPS) is 22.4. The molecule has 0 unspecified atom stereocenters. The quantitative estimate of drug-likeness (QED) is 0.186. The predicted octanol–water partition coefficient (Wildman–Crippen LogP) is 1.78. The van der Waals surface area contributed by atoms with E-state index in [9.17, 15) is 28.5 Å². The second-order valence-corrected chi connectivity index (χ2v) is 13.6. The SMILES string of the molecule is C[C@H](Nc1c(C#N)c(Cl)nc2c1ccn2[C@@H]1O[C@H](CS(=O)(=O)CP(=O)(O)O)[C@@H](O)[C@H]1O)c1ccc(C#N)cc1. The van der Waals surface area contributed by atoms with E-state index in [1.165, 1.54) is 10.8 Å². The van der Waals surface area contributed by atoms with Crippen LogP contribution in [0.1, 0.15) is 35.9 Å². The molecular weight excluding hydrogens is 573 g/mol. The number of rotatable bonds is 8. The highest BCUT2D eigenvalue weighted by Gasteiger charge is 2.46. The van der Waals surface area contributed by atoms with Crippen molar-refractivity contribution in [3.63, 3.8) is 0 Å². The number of fused-ring (bicyclic) bond motifs is 1. The molecule has 13 nitrogen and oxygen atoms in total. The van der Waals surface area contributed by atoms with Crippen LogP contribution in [0.25, 0.3) is 11.0 Å². The van der Waals surface area contributed by atoms with E-state index in [4.69, 9.17) is 31.4 Å². The molecule has 0 amide bonds. The lowest BCUT2D eigenvalue weighted by Crippen LogP contribution is -2.35. The molecule has 5 N–H and O–H groups in total. The molecule has 1 aromatic carbocycles. The van der Waals surface area contributed by atoms with Crippen LogP contribution < -0.4 is 5.32 Å². The summed E-state index contributed by atoms with van der Waals surface area (Å²) in [6.45, 7) is 1.84. The molecule has 5 atom stereocenters. The van der Waals surface area contributed by atoms with Gasteiger partial charge in [-0.25, -0.2) is 13.4 Å². The minimum atomic E-state index is -4.90. The summed E-state index contributed by atoms with van der Waals surface area (Å²) >= 11 is 6.33. The van der Waals surface area contributed by atoms with Gasteiger partial charge in [0.25, 0.3) is 0 Å². The van der Waals surface area contributed by atoms with Gasteiger partial charge in [0.15, 0.2) is 26.7 Å². The van der Waals surface area contributed by atoms with Crippen molar-refractivity contribution in [1.29, 1.82) is 10.5 Å². The standard InChI is InChI=1S/C23H23ClN5O8PS/c1-12(14-4-2-13(8-25)3-5-14)27-18-15-6-7-29(22(15)28-21(24)16(18)9-26)23-20(31)19(30)17(37-23)10-39(35,36)11-38(32,33)34/h2-7,12,17,19-20,23,30-31H,10-11H2,1H3,(H,27,28)(H2,32,33,34)/t12-,17+,19+,20+,23+/m0/s1. The molecule has 3 aromatic rings. The Labute approximate surface area is 227 Å². The smallest absolute Gasteiger partial charge is 0.340 e. The van der Waals surface area contributed by atoms with Crippen molar-refractivity contribution in [1.82, 2.24) is 9.55 Å². The summed E-state index contributed by atoms with van der Waals surface area (Å²) in [5, 5.41) is 43.4. The van der Waals surface area contributed by atoms with Gasteiger partial charge in [0.1, 0.15) is 35.6 Å². The van der Waals surface area contributed by atoms with Gasteiger partial charge >= 0.3 is 7.60 Å². The lowest BCUT2D eigenvalue weighted by Gasteiger charge is -2.20. The largest absolute Gasteiger partial charge is 0.387 e. The van der Waals surface area contributed by atoms with E-state index in [2.05, 4.69) is 10.3 Å². The predicted molar refractivity (Wildman–Crippen MR) is 139 cm³/mol. The number of aromatic nitrogens is 2. The molecule has 2 aromatic heterocycles. The molecule has 4 rings (SSSR count). The number of nitriles is 2. The molecule has 3 heterocycles. The monoisotopic (exact) mass is 595 g/mol. The lowest BCUT2D eigenvalue weighted by atomic mass is 10.1. The molecule has 0 bridgehead atoms. The summed E-state index contributed by atoms with van der Waals surface area (Å²) in [7, 11) is -9.25. The highest BCUT2D eigenvalue weighted by molar-refractivity contribution is 7.97. The zero-order valence-corrected chi connectivity index (χ0v) is 22.7. The van der Waals surface area contributed by atoms with E-state index < -0.39 is 53.2 Å². The fourth-order valence-electron chi connectivity index (χ4n) is 4.40. The first-order chi connectivity index (χ1) is 18.2. The number of ether oxygens (including phenoxy) is 1. The summed E-state index contributed by atoms with van der Waals surface area (Å²) in [4.78, 5) is 22.3. The average molecular weight is 596 g/mol. The third-order valence-electron chi connectivity index (χ3n) is 6.22. The number of nitrogens with one attached hydrogen (secondary N) is 1. The Morgan fingerprint density at radius 1 is 1.18 bits per heavy atom. The first-order valence-corrected chi connectivity index (χ1v) is 15.4. The van der Waals surface area contributed by atoms with Crippen molar-refractivity contribution in [2.75, 3.05) is 16.6 Å². The van der Waals surface area contributed by atoms with Crippen molar-refractivity contribution in [3.8, 4) is 12.1 Å². The van der Waals surface area contributed by atoms with E-state index >= 15 is 0 Å². The van der Waals surface area contributed by atoms with E-state index in [0.29, 0.717) is 16.6 Å². The van der Waals surface area contributed by atoms with Gasteiger partial charge in [-0.15, -0.1) is 0 Å². The van der Waals surface area contributed by atoms with Gasteiger partial charge in [-0.2, -0.15) is 10.5 Å². The number of sulfone groups is 1. The van der Waals surface area contributed by atoms with Gasteiger partial charge in [-0.3, -0.25) is 4.57 Å². The Kier molecular flexibility index (Phi) is 8.06. The molecule has 0 aliphatic carbocycles. The number of anilines is 1. The van der Waals surface area contributed by atoms with Crippen LogP contribution in [0.4, 0.5) is 5.69 Å². The average Bonchev–Trinajstić information content (AvgIpc) is 3.38. The number of hydrogen-bond donors (Lipinski definition) is 5. The Bertz CT molecular complexity index is 1640. The zero-order chi connectivity index (χ0) is 28.7. The third-order valence-corrected chi connectivity index (χ3v) is 10.3. The Morgan fingerprint density at radius 2 is 1.85 bits per heavy atom. The number of aliphatic hydroxyl groups is 2. The topological polar surface area (TPSA) is 219 Å². The van der Waals surface area contributed by atoms with Crippen LogP contribution in [-0.2, 0) is 19.1 Å². The maximum Gasteiger partial charge on any atom is 0.340 e. The molecule has 1 saturated heterocycles. The Balaban J connectivity index is 1.68. The van der Waals surface area contributed by atoms with Crippen LogP contribution in [0.5, 0.6) is 0 Å². The van der Waals surface area contributed by atoms with Gasteiger partial charge < -0.3 is 34.6 Å². The molecule has 16 heteroatoms. The van der Waals surface area contributed by atoms with Crippen LogP contribution in [0.3, 0.4) is 0 Å². The lowest BCUT2D eigenvalue weighted by molar-refractivity contribution is -0.0288. The fourth-order valence-corrected chi connectivity index (χ4v) is 7.86. The molecule has 1 fully saturated rings. The summed E-state index contributed by atoms with van der Waals surface area (Å²) in [6, 6.07) is 12.1. The molecule has 0 spiro atoms. The highest BCUT2D eigenvalue weighted by atomic mass is 35.5. The van der Waals surface area contributed by atoms with Gasteiger partial charge in [-0.1, -0.05) is 23.7 Å². The van der Waals surface area contributed by atoms with E-state index in [1.54, 1.807) is 30.3 Å². The van der Waals surface area contributed by atoms with Crippen LogP contribution in [0.2, 0.25) is 5.15 Å².